The van der Waals surface area contributed by atoms with Crippen LogP contribution in [0, 0.1) is 6.45 Å². The summed E-state index contributed by atoms with van der Waals surface area (Å²) in [4.78, 5) is 4.25. The van der Waals surface area contributed by atoms with Crippen LogP contribution in [0.5, 0.6) is 0 Å². The summed E-state index contributed by atoms with van der Waals surface area (Å²) in [5.74, 6) is 0.704. The lowest BCUT2D eigenvalue weighted by Crippen LogP contribution is -2.05. The fourth-order valence-electron chi connectivity index (χ4n) is 0.987. The Kier molecular flexibility index (Phi) is 3.27. The van der Waals surface area contributed by atoms with E-state index in [2.05, 4.69) is 55.3 Å². The largest absolute Gasteiger partial charge is 0.383 e. The van der Waals surface area contributed by atoms with E-state index in [-0.39, 0.29) is 0 Å². The van der Waals surface area contributed by atoms with Crippen LogP contribution in [-0.2, 0) is 6.54 Å². The summed E-state index contributed by atoms with van der Waals surface area (Å²) in [7, 11) is 0. The molecule has 74 valence electrons. The molecule has 0 aromatic carbocycles. The van der Waals surface area contributed by atoms with Crippen LogP contribution in [0.25, 0.3) is 0 Å². The molecule has 0 spiro atoms. The molecule has 0 radical (unpaired) electrons. The second-order valence-electron chi connectivity index (χ2n) is 2.59. The first-order chi connectivity index (χ1) is 6.66. The first kappa shape index (κ1) is 10.6. The third-order valence-electron chi connectivity index (χ3n) is 1.64. The fourth-order valence-corrected chi connectivity index (χ4v) is 2.91. The minimum absolute atomic E-state index is 0.655. The summed E-state index contributed by atoms with van der Waals surface area (Å²) in [5.41, 5.74) is 5.83. The molecule has 0 bridgehead atoms. The zero-order valence-corrected chi connectivity index (χ0v) is 12.1. The molecule has 0 fully saturated rings. The van der Waals surface area contributed by atoms with Gasteiger partial charge in [0.15, 0.2) is 0 Å². The first-order valence-corrected chi connectivity index (χ1v) is 6.71. The van der Waals surface area contributed by atoms with Crippen LogP contribution in [0.15, 0.2) is 12.4 Å². The number of aromatic nitrogens is 3. The van der Waals surface area contributed by atoms with Crippen molar-refractivity contribution in [3.63, 3.8) is 0 Å². The average Bonchev–Trinajstić information content (AvgIpc) is 2.67. The van der Waals surface area contributed by atoms with Gasteiger partial charge in [0.25, 0.3) is 0 Å². The van der Waals surface area contributed by atoms with Crippen LogP contribution >= 0.6 is 56.5 Å². The summed E-state index contributed by atoms with van der Waals surface area (Å²) in [6.45, 7) is 0.655. The summed E-state index contributed by atoms with van der Waals surface area (Å²) in [6.07, 6.45) is 3.61. The van der Waals surface area contributed by atoms with Gasteiger partial charge >= 0.3 is 0 Å². The van der Waals surface area contributed by atoms with Gasteiger partial charge in [-0.2, -0.15) is 5.10 Å². The van der Waals surface area contributed by atoms with E-state index in [0.29, 0.717) is 12.4 Å². The number of halogens is 2. The highest BCUT2D eigenvalue weighted by molar-refractivity contribution is 14.1. The van der Waals surface area contributed by atoms with Gasteiger partial charge in [-0.1, -0.05) is 0 Å². The molecular weight excluding hydrogens is 426 g/mol. The van der Waals surface area contributed by atoms with Gasteiger partial charge in [0.2, 0.25) is 0 Å². The first-order valence-electron chi connectivity index (χ1n) is 3.74. The third kappa shape index (κ3) is 2.19. The van der Waals surface area contributed by atoms with E-state index in [1.165, 1.54) is 2.88 Å². The molecule has 2 rings (SSSR count). The van der Waals surface area contributed by atoms with Crippen LogP contribution in [0.2, 0.25) is 0 Å². The Hall–Kier alpha value is 0.1000. The number of anilines is 1. The Morgan fingerprint density at radius 2 is 2.21 bits per heavy atom. The number of hydrogen-bond donors (Lipinski definition) is 1. The number of hydrogen-bond acceptors (Lipinski definition) is 4. The van der Waals surface area contributed by atoms with Gasteiger partial charge in [-0.25, -0.2) is 9.67 Å². The van der Waals surface area contributed by atoms with Gasteiger partial charge < -0.3 is 5.73 Å². The Morgan fingerprint density at radius 3 is 2.71 bits per heavy atom. The molecule has 0 saturated carbocycles. The van der Waals surface area contributed by atoms with Gasteiger partial charge in [-0.3, -0.25) is 0 Å². The molecule has 4 nitrogen and oxygen atoms in total. The summed E-state index contributed by atoms with van der Waals surface area (Å²) in [5, 5.41) is 5.20. The van der Waals surface area contributed by atoms with E-state index in [1.54, 1.807) is 22.2 Å². The van der Waals surface area contributed by atoms with E-state index in [0.717, 1.165) is 8.58 Å². The average molecular weight is 432 g/mol. The van der Waals surface area contributed by atoms with E-state index >= 15 is 0 Å². The maximum absolute atomic E-state index is 5.83. The number of nitrogens with two attached hydrogens (primary N) is 1. The second-order valence-corrected chi connectivity index (χ2v) is 6.77. The SMILES string of the molecule is Nc1c(I)cnn1Cc1ncc(I)s1. The molecule has 2 aromatic rings. The standard InChI is InChI=1S/C7H6I2N4S/c8-4-1-12-13(7(4)10)3-6-11-2-5(9)14-6/h1-2H,3,10H2. The van der Waals surface area contributed by atoms with Crippen LogP contribution in [0.1, 0.15) is 5.01 Å². The second kappa shape index (κ2) is 4.31. The smallest absolute Gasteiger partial charge is 0.135 e. The predicted octanol–water partition coefficient (Wildman–Crippen LogP) is 2.18. The molecule has 0 aliphatic rings. The normalized spacial score (nSPS) is 10.7. The van der Waals surface area contributed by atoms with E-state index < -0.39 is 0 Å². The highest BCUT2D eigenvalue weighted by Crippen LogP contribution is 2.19. The van der Waals surface area contributed by atoms with Crippen molar-refractivity contribution in [1.82, 2.24) is 14.8 Å². The number of nitrogens with zero attached hydrogens (tertiary/aromatic N) is 3. The molecule has 0 amide bonds. The van der Waals surface area contributed by atoms with E-state index in [9.17, 15) is 0 Å². The molecule has 0 aliphatic carbocycles. The summed E-state index contributed by atoms with van der Waals surface area (Å²) in [6, 6.07) is 0. The third-order valence-corrected chi connectivity index (χ3v) is 4.18. The van der Waals surface area contributed by atoms with E-state index in [1.807, 2.05) is 6.20 Å². The minimum atomic E-state index is 0.655. The zero-order chi connectivity index (χ0) is 10.1. The summed E-state index contributed by atoms with van der Waals surface area (Å²) < 4.78 is 3.92. The van der Waals surface area contributed by atoms with Crippen molar-refractivity contribution >= 4 is 62.3 Å². The highest BCUT2D eigenvalue weighted by atomic mass is 127. The Labute approximate surface area is 112 Å². The van der Waals surface area contributed by atoms with Crippen LogP contribution in [0.4, 0.5) is 5.82 Å². The van der Waals surface area contributed by atoms with Crippen LogP contribution in [0.3, 0.4) is 0 Å². The van der Waals surface area contributed by atoms with Gasteiger partial charge in [0, 0.05) is 0 Å². The number of rotatable bonds is 2. The van der Waals surface area contributed by atoms with Crippen molar-refractivity contribution in [3.8, 4) is 0 Å². The quantitative estimate of drug-likeness (QED) is 0.741. The molecule has 0 saturated heterocycles. The minimum Gasteiger partial charge on any atom is -0.383 e. The van der Waals surface area contributed by atoms with Crippen molar-refractivity contribution in [1.29, 1.82) is 0 Å². The monoisotopic (exact) mass is 432 g/mol. The number of nitrogen functional groups attached to an aromatic ring is 1. The lowest BCUT2D eigenvalue weighted by Gasteiger charge is -2.00. The molecule has 14 heavy (non-hydrogen) atoms. The summed E-state index contributed by atoms with van der Waals surface area (Å²) >= 11 is 6.07. The lowest BCUT2D eigenvalue weighted by atomic mass is 10.6. The van der Waals surface area contributed by atoms with Gasteiger partial charge in [0.1, 0.15) is 10.8 Å². The maximum Gasteiger partial charge on any atom is 0.135 e. The lowest BCUT2D eigenvalue weighted by molar-refractivity contribution is 0.693. The molecule has 0 unspecified atom stereocenters. The fraction of sp³-hybridized carbons (Fsp3) is 0.143. The van der Waals surface area contributed by atoms with Crippen molar-refractivity contribution in [2.75, 3.05) is 5.73 Å². The Balaban J connectivity index is 2.22. The van der Waals surface area contributed by atoms with Crippen molar-refractivity contribution in [2.24, 2.45) is 0 Å². The topological polar surface area (TPSA) is 56.7 Å². The molecule has 2 N–H and O–H groups in total. The van der Waals surface area contributed by atoms with Crippen LogP contribution in [-0.4, -0.2) is 14.8 Å². The Morgan fingerprint density at radius 1 is 1.43 bits per heavy atom. The van der Waals surface area contributed by atoms with Crippen molar-refractivity contribution in [2.45, 2.75) is 6.54 Å². The number of thiazole rings is 1. The Bertz CT molecular complexity index is 450. The molecule has 0 atom stereocenters. The van der Waals surface area contributed by atoms with Gasteiger partial charge in [-0.05, 0) is 45.2 Å². The zero-order valence-electron chi connectivity index (χ0n) is 6.94. The van der Waals surface area contributed by atoms with Gasteiger partial charge in [-0.15, -0.1) is 11.3 Å². The molecular formula is C7H6I2N4S. The molecule has 0 aliphatic heterocycles. The van der Waals surface area contributed by atoms with Crippen LogP contribution < -0.4 is 5.73 Å². The van der Waals surface area contributed by atoms with Crippen molar-refractivity contribution in [3.05, 3.63) is 23.9 Å². The van der Waals surface area contributed by atoms with E-state index in [4.69, 9.17) is 5.73 Å². The van der Waals surface area contributed by atoms with Crippen molar-refractivity contribution < 1.29 is 0 Å². The maximum atomic E-state index is 5.83. The van der Waals surface area contributed by atoms with Gasteiger partial charge in [0.05, 0.1) is 25.4 Å². The molecule has 2 aromatic heterocycles. The molecule has 2 heterocycles. The predicted molar refractivity (Wildman–Crippen MR) is 73.3 cm³/mol. The highest BCUT2D eigenvalue weighted by Gasteiger charge is 2.07. The molecule has 7 heteroatoms.